The molecular weight excluding hydrogens is 272 g/mol. The normalized spacial score (nSPS) is 14.3. The molecule has 1 heterocycles. The minimum absolute atomic E-state index is 0.487. The van der Waals surface area contributed by atoms with Crippen molar-refractivity contribution in [2.75, 3.05) is 11.4 Å². The van der Waals surface area contributed by atoms with Crippen LogP contribution in [0.2, 0.25) is 0 Å². The highest BCUT2D eigenvalue weighted by Crippen LogP contribution is 2.37. The van der Waals surface area contributed by atoms with E-state index in [9.17, 15) is 5.11 Å². The summed E-state index contributed by atoms with van der Waals surface area (Å²) in [6, 6.07) is 22.1. The molecule has 0 amide bonds. The molecule has 22 heavy (non-hydrogen) atoms. The number of aliphatic imine (C=N–C) groups is 1. The molecular formula is C19H16N2O. The molecule has 0 saturated carbocycles. The molecule has 0 saturated heterocycles. The van der Waals surface area contributed by atoms with E-state index in [-0.39, 0.29) is 0 Å². The third kappa shape index (κ3) is 2.16. The summed E-state index contributed by atoms with van der Waals surface area (Å²) in [6.07, 6.45) is 1.26. The maximum atomic E-state index is 10.5. The Kier molecular flexibility index (Phi) is 3.13. The fourth-order valence-corrected chi connectivity index (χ4v) is 2.96. The van der Waals surface area contributed by atoms with E-state index in [1.165, 1.54) is 5.39 Å². The summed E-state index contributed by atoms with van der Waals surface area (Å²) in [5, 5.41) is 12.8. The van der Waals surface area contributed by atoms with Crippen molar-refractivity contribution in [2.24, 2.45) is 4.99 Å². The fourth-order valence-electron chi connectivity index (χ4n) is 2.96. The van der Waals surface area contributed by atoms with Crippen molar-refractivity contribution < 1.29 is 5.11 Å². The second-order valence-electron chi connectivity index (χ2n) is 5.48. The Morgan fingerprint density at radius 3 is 2.50 bits per heavy atom. The summed E-state index contributed by atoms with van der Waals surface area (Å²) in [5.74, 6) is 0. The number of hydrogen-bond acceptors (Lipinski definition) is 3. The van der Waals surface area contributed by atoms with Crippen LogP contribution in [0, 0.1) is 0 Å². The molecule has 3 aromatic rings. The molecule has 108 valence electrons. The highest BCUT2D eigenvalue weighted by molar-refractivity contribution is 6.09. The van der Waals surface area contributed by atoms with Crippen molar-refractivity contribution in [1.29, 1.82) is 0 Å². The average Bonchev–Trinajstić information content (AvgIpc) is 2.58. The zero-order chi connectivity index (χ0) is 14.9. The highest BCUT2D eigenvalue weighted by atomic mass is 16.3. The summed E-state index contributed by atoms with van der Waals surface area (Å²) < 4.78 is 0. The molecule has 0 fully saturated rings. The first-order valence-corrected chi connectivity index (χ1v) is 7.38. The fraction of sp³-hybridized carbons (Fsp3) is 0.105. The Hall–Kier alpha value is -2.65. The first kappa shape index (κ1) is 13.0. The van der Waals surface area contributed by atoms with E-state index in [1.54, 1.807) is 0 Å². The molecule has 0 aliphatic carbocycles. The summed E-state index contributed by atoms with van der Waals surface area (Å²) in [6.45, 7) is 0.487. The first-order valence-electron chi connectivity index (χ1n) is 7.38. The lowest BCUT2D eigenvalue weighted by atomic mass is 10.0. The monoisotopic (exact) mass is 288 g/mol. The Labute approximate surface area is 129 Å². The van der Waals surface area contributed by atoms with Crippen LogP contribution in [-0.2, 0) is 0 Å². The summed E-state index contributed by atoms with van der Waals surface area (Å²) >= 11 is 0. The first-order chi connectivity index (χ1) is 10.8. The molecule has 0 radical (unpaired) electrons. The van der Waals surface area contributed by atoms with E-state index in [4.69, 9.17) is 0 Å². The maximum Gasteiger partial charge on any atom is 0.0969 e. The van der Waals surface area contributed by atoms with Gasteiger partial charge in [-0.3, -0.25) is 0 Å². The third-order valence-corrected chi connectivity index (χ3v) is 4.06. The topological polar surface area (TPSA) is 35.8 Å². The maximum absolute atomic E-state index is 10.5. The quantitative estimate of drug-likeness (QED) is 0.789. The molecule has 0 aromatic heterocycles. The van der Waals surface area contributed by atoms with Crippen LogP contribution in [0.15, 0.2) is 71.7 Å². The van der Waals surface area contributed by atoms with Crippen molar-refractivity contribution >= 4 is 28.5 Å². The summed E-state index contributed by atoms with van der Waals surface area (Å²) in [5.41, 5.74) is 3.00. The van der Waals surface area contributed by atoms with Gasteiger partial charge in [0.05, 0.1) is 30.4 Å². The molecule has 0 spiro atoms. The van der Waals surface area contributed by atoms with Crippen LogP contribution in [0.5, 0.6) is 0 Å². The second kappa shape index (κ2) is 5.28. The van der Waals surface area contributed by atoms with E-state index < -0.39 is 6.10 Å². The largest absolute Gasteiger partial charge is 0.387 e. The molecule has 3 aromatic carbocycles. The van der Waals surface area contributed by atoms with Gasteiger partial charge in [-0.1, -0.05) is 54.6 Å². The molecule has 0 bridgehead atoms. The Morgan fingerprint density at radius 1 is 0.909 bits per heavy atom. The molecule has 3 nitrogen and oxygen atoms in total. The molecule has 3 heteroatoms. The van der Waals surface area contributed by atoms with Gasteiger partial charge in [0, 0.05) is 5.39 Å². The van der Waals surface area contributed by atoms with Crippen LogP contribution in [0.4, 0.5) is 11.4 Å². The van der Waals surface area contributed by atoms with Gasteiger partial charge in [-0.2, -0.15) is 0 Å². The van der Waals surface area contributed by atoms with E-state index in [0.717, 1.165) is 22.3 Å². The summed E-state index contributed by atoms with van der Waals surface area (Å²) in [7, 11) is 0. The zero-order valence-electron chi connectivity index (χ0n) is 12.1. The van der Waals surface area contributed by atoms with Gasteiger partial charge in [0.25, 0.3) is 0 Å². The lowest BCUT2D eigenvalue weighted by molar-refractivity contribution is 0.187. The summed E-state index contributed by atoms with van der Waals surface area (Å²) in [4.78, 5) is 6.55. The van der Waals surface area contributed by atoms with Crippen molar-refractivity contribution in [3.63, 3.8) is 0 Å². The van der Waals surface area contributed by atoms with E-state index >= 15 is 0 Å². The molecule has 1 atom stereocenters. The van der Waals surface area contributed by atoms with Gasteiger partial charge >= 0.3 is 0 Å². The number of aliphatic hydroxyl groups is 1. The van der Waals surface area contributed by atoms with Gasteiger partial charge in [0.2, 0.25) is 0 Å². The number of benzene rings is 3. The van der Waals surface area contributed by atoms with Crippen LogP contribution in [0.25, 0.3) is 10.8 Å². The predicted molar refractivity (Wildman–Crippen MR) is 90.8 cm³/mol. The molecule has 1 aliphatic heterocycles. The lowest BCUT2D eigenvalue weighted by Crippen LogP contribution is -2.28. The Balaban J connectivity index is 1.71. The number of rotatable bonds is 3. The zero-order valence-corrected chi connectivity index (χ0v) is 12.1. The molecule has 1 aliphatic rings. The smallest absolute Gasteiger partial charge is 0.0969 e. The SMILES string of the molecule is OC(CN1C=Nc2cccc3cccc1c23)c1ccccc1. The predicted octanol–water partition coefficient (Wildman–Crippen LogP) is 4.05. The van der Waals surface area contributed by atoms with E-state index in [1.807, 2.05) is 59.8 Å². The van der Waals surface area contributed by atoms with Crippen LogP contribution < -0.4 is 4.90 Å². The Morgan fingerprint density at radius 2 is 1.68 bits per heavy atom. The molecule has 1 N–H and O–H groups in total. The van der Waals surface area contributed by atoms with Crippen molar-refractivity contribution in [3.05, 3.63) is 72.3 Å². The minimum Gasteiger partial charge on any atom is -0.387 e. The van der Waals surface area contributed by atoms with Gasteiger partial charge in [-0.25, -0.2) is 4.99 Å². The van der Waals surface area contributed by atoms with Crippen molar-refractivity contribution in [3.8, 4) is 0 Å². The van der Waals surface area contributed by atoms with E-state index in [0.29, 0.717) is 6.54 Å². The molecule has 4 rings (SSSR count). The highest BCUT2D eigenvalue weighted by Gasteiger charge is 2.18. The number of nitrogens with zero attached hydrogens (tertiary/aromatic N) is 2. The third-order valence-electron chi connectivity index (χ3n) is 4.06. The number of hydrogen-bond donors (Lipinski definition) is 1. The van der Waals surface area contributed by atoms with E-state index in [2.05, 4.69) is 23.2 Å². The van der Waals surface area contributed by atoms with Gasteiger partial charge in [-0.05, 0) is 23.1 Å². The van der Waals surface area contributed by atoms with Crippen LogP contribution in [0.3, 0.4) is 0 Å². The molecule has 1 unspecified atom stereocenters. The number of aliphatic hydroxyl groups excluding tert-OH is 1. The van der Waals surface area contributed by atoms with Gasteiger partial charge in [-0.15, -0.1) is 0 Å². The van der Waals surface area contributed by atoms with Crippen LogP contribution >= 0.6 is 0 Å². The average molecular weight is 288 g/mol. The van der Waals surface area contributed by atoms with Crippen molar-refractivity contribution in [2.45, 2.75) is 6.10 Å². The van der Waals surface area contributed by atoms with Crippen LogP contribution in [-0.4, -0.2) is 18.0 Å². The lowest BCUT2D eigenvalue weighted by Gasteiger charge is -2.27. The minimum atomic E-state index is -0.548. The van der Waals surface area contributed by atoms with Crippen LogP contribution in [0.1, 0.15) is 11.7 Å². The number of anilines is 1. The van der Waals surface area contributed by atoms with Gasteiger partial charge in [0.1, 0.15) is 0 Å². The van der Waals surface area contributed by atoms with Gasteiger partial charge in [0.15, 0.2) is 0 Å². The van der Waals surface area contributed by atoms with Crippen molar-refractivity contribution in [1.82, 2.24) is 0 Å². The standard InChI is InChI=1S/C19H16N2O/c22-18(14-6-2-1-3-7-14)12-21-13-20-16-10-4-8-15-9-5-11-17(21)19(15)16/h1-11,13,18,22H,12H2. The van der Waals surface area contributed by atoms with Gasteiger partial charge < -0.3 is 10.0 Å². The number of β-amino-alcohol motifs (C(OH)–C–C–N with tert-alkyl or cyclic N) is 1. The Bertz CT molecular complexity index is 837. The second-order valence-corrected chi connectivity index (χ2v) is 5.48.